The number of benzene rings is 1. The van der Waals surface area contributed by atoms with Crippen molar-refractivity contribution in [2.45, 2.75) is 12.8 Å². The van der Waals surface area contributed by atoms with Crippen LogP contribution in [0.5, 0.6) is 0 Å². The molecule has 0 aromatic heterocycles. The smallest absolute Gasteiger partial charge is 0.239 e. The summed E-state index contributed by atoms with van der Waals surface area (Å²) in [7, 11) is 0. The van der Waals surface area contributed by atoms with Crippen LogP contribution in [0, 0.1) is 5.41 Å². The Balaban J connectivity index is 0.00000242. The quantitative estimate of drug-likeness (QED) is 0.724. The highest BCUT2D eigenvalue weighted by Crippen LogP contribution is 2.29. The van der Waals surface area contributed by atoms with E-state index < -0.39 is 5.41 Å². The van der Waals surface area contributed by atoms with Crippen molar-refractivity contribution in [2.24, 2.45) is 11.1 Å². The van der Waals surface area contributed by atoms with E-state index in [0.717, 1.165) is 5.69 Å². The lowest BCUT2D eigenvalue weighted by atomic mass is 9.79. The molecule has 2 amide bonds. The molecular formula is C15H22ClN3O3. The Morgan fingerprint density at radius 2 is 1.82 bits per heavy atom. The van der Waals surface area contributed by atoms with Gasteiger partial charge in [0.25, 0.3) is 0 Å². The van der Waals surface area contributed by atoms with Crippen molar-refractivity contribution in [2.75, 3.05) is 31.6 Å². The average Bonchev–Trinajstić information content (AvgIpc) is 2.52. The van der Waals surface area contributed by atoms with E-state index in [4.69, 9.17) is 10.5 Å². The highest BCUT2D eigenvalue weighted by molar-refractivity contribution is 5.85. The maximum absolute atomic E-state index is 11.9. The predicted molar refractivity (Wildman–Crippen MR) is 86.9 cm³/mol. The van der Waals surface area contributed by atoms with E-state index in [1.165, 1.54) is 0 Å². The highest BCUT2D eigenvalue weighted by atomic mass is 35.5. The minimum atomic E-state index is -0.680. The molecule has 0 spiro atoms. The van der Waals surface area contributed by atoms with Crippen molar-refractivity contribution >= 4 is 29.9 Å². The highest BCUT2D eigenvalue weighted by Gasteiger charge is 2.38. The second kappa shape index (κ2) is 8.60. The molecule has 4 N–H and O–H groups in total. The average molecular weight is 328 g/mol. The fourth-order valence-corrected chi connectivity index (χ4v) is 2.34. The fourth-order valence-electron chi connectivity index (χ4n) is 2.34. The van der Waals surface area contributed by atoms with Gasteiger partial charge < -0.3 is 21.1 Å². The molecule has 2 rings (SSSR count). The van der Waals surface area contributed by atoms with E-state index in [2.05, 4.69) is 10.6 Å². The molecule has 1 aromatic rings. The van der Waals surface area contributed by atoms with Gasteiger partial charge in [-0.3, -0.25) is 9.59 Å². The van der Waals surface area contributed by atoms with E-state index in [9.17, 15) is 9.59 Å². The van der Waals surface area contributed by atoms with Crippen molar-refractivity contribution < 1.29 is 14.3 Å². The molecule has 7 heteroatoms. The second-order valence-corrected chi connectivity index (χ2v) is 5.25. The van der Waals surface area contributed by atoms with Gasteiger partial charge in [0.15, 0.2) is 0 Å². The third-order valence-corrected chi connectivity index (χ3v) is 3.82. The maximum atomic E-state index is 11.9. The first-order valence-corrected chi connectivity index (χ1v) is 7.06. The monoisotopic (exact) mass is 327 g/mol. The topological polar surface area (TPSA) is 93.5 Å². The molecule has 0 unspecified atom stereocenters. The van der Waals surface area contributed by atoms with Crippen LogP contribution < -0.4 is 16.4 Å². The Hall–Kier alpha value is -1.79. The zero-order valence-corrected chi connectivity index (χ0v) is 13.2. The number of nitrogens with one attached hydrogen (secondary N) is 2. The standard InChI is InChI=1S/C15H21N3O3.ClH/c16-14(20)15(6-8-21-9-7-15)11-18-13(19)10-17-12-4-2-1-3-5-12;/h1-5,17H,6-11H2,(H2,16,20)(H,18,19);1H. The minimum absolute atomic E-state index is 0. The molecule has 0 bridgehead atoms. The minimum Gasteiger partial charge on any atom is -0.381 e. The van der Waals surface area contributed by atoms with E-state index in [-0.39, 0.29) is 37.3 Å². The number of carbonyl (C=O) groups is 2. The number of primary amides is 1. The van der Waals surface area contributed by atoms with Gasteiger partial charge in [-0.15, -0.1) is 12.4 Å². The molecule has 1 heterocycles. The Morgan fingerprint density at radius 3 is 2.41 bits per heavy atom. The number of amides is 2. The number of carbonyl (C=O) groups excluding carboxylic acids is 2. The van der Waals surface area contributed by atoms with Crippen molar-refractivity contribution in [3.63, 3.8) is 0 Å². The van der Waals surface area contributed by atoms with Crippen molar-refractivity contribution in [3.8, 4) is 0 Å². The molecule has 0 atom stereocenters. The van der Waals surface area contributed by atoms with Gasteiger partial charge >= 0.3 is 0 Å². The van der Waals surface area contributed by atoms with Crippen LogP contribution in [0.1, 0.15) is 12.8 Å². The molecule has 1 fully saturated rings. The molecule has 22 heavy (non-hydrogen) atoms. The number of nitrogens with two attached hydrogens (primary N) is 1. The summed E-state index contributed by atoms with van der Waals surface area (Å²) >= 11 is 0. The summed E-state index contributed by atoms with van der Waals surface area (Å²) in [6.45, 7) is 1.43. The first-order chi connectivity index (χ1) is 10.1. The van der Waals surface area contributed by atoms with Crippen LogP contribution in [0.3, 0.4) is 0 Å². The third-order valence-electron chi connectivity index (χ3n) is 3.82. The predicted octanol–water partition coefficient (Wildman–Crippen LogP) is 0.919. The number of hydrogen-bond donors (Lipinski definition) is 3. The summed E-state index contributed by atoms with van der Waals surface area (Å²) in [5.41, 5.74) is 5.69. The van der Waals surface area contributed by atoms with Gasteiger partial charge in [0.1, 0.15) is 0 Å². The van der Waals surface area contributed by atoms with Crippen LogP contribution in [0.15, 0.2) is 30.3 Å². The van der Waals surface area contributed by atoms with Gasteiger partial charge in [-0.25, -0.2) is 0 Å². The van der Waals surface area contributed by atoms with E-state index in [0.29, 0.717) is 26.1 Å². The number of rotatable bonds is 6. The molecule has 0 radical (unpaired) electrons. The Morgan fingerprint density at radius 1 is 1.18 bits per heavy atom. The zero-order chi connectivity index (χ0) is 15.1. The summed E-state index contributed by atoms with van der Waals surface area (Å²) in [6, 6.07) is 9.47. The molecule has 1 aliphatic heterocycles. The summed E-state index contributed by atoms with van der Waals surface area (Å²) in [5.74, 6) is -0.534. The third kappa shape index (κ3) is 4.89. The maximum Gasteiger partial charge on any atom is 0.239 e. The fraction of sp³-hybridized carbons (Fsp3) is 0.467. The molecule has 0 aliphatic carbocycles. The largest absolute Gasteiger partial charge is 0.381 e. The number of hydrogen-bond acceptors (Lipinski definition) is 4. The van der Waals surface area contributed by atoms with Gasteiger partial charge in [-0.2, -0.15) is 0 Å². The lowest BCUT2D eigenvalue weighted by Crippen LogP contribution is -2.50. The Bertz CT molecular complexity index is 490. The molecular weight excluding hydrogens is 306 g/mol. The number of para-hydroxylation sites is 1. The zero-order valence-electron chi connectivity index (χ0n) is 12.3. The normalized spacial score (nSPS) is 16.2. The van der Waals surface area contributed by atoms with Gasteiger partial charge in [-0.1, -0.05) is 18.2 Å². The molecule has 6 nitrogen and oxygen atoms in total. The summed E-state index contributed by atoms with van der Waals surface area (Å²) in [6.07, 6.45) is 1.10. The van der Waals surface area contributed by atoms with Crippen LogP contribution in [0.4, 0.5) is 5.69 Å². The lowest BCUT2D eigenvalue weighted by Gasteiger charge is -2.34. The van der Waals surface area contributed by atoms with Crippen molar-refractivity contribution in [1.82, 2.24) is 5.32 Å². The Labute approximate surface area is 136 Å². The number of anilines is 1. The Kier molecular flexibility index (Phi) is 7.14. The first kappa shape index (κ1) is 18.3. The first-order valence-electron chi connectivity index (χ1n) is 7.06. The van der Waals surface area contributed by atoms with Crippen LogP contribution in [-0.4, -0.2) is 38.1 Å². The molecule has 122 valence electrons. The van der Waals surface area contributed by atoms with Gasteiger partial charge in [0.2, 0.25) is 11.8 Å². The molecule has 1 saturated heterocycles. The van der Waals surface area contributed by atoms with Gasteiger partial charge in [0, 0.05) is 25.4 Å². The molecule has 0 saturated carbocycles. The SMILES string of the molecule is Cl.NC(=O)C1(CNC(=O)CNc2ccccc2)CCOCC1. The van der Waals surface area contributed by atoms with Crippen molar-refractivity contribution in [3.05, 3.63) is 30.3 Å². The van der Waals surface area contributed by atoms with Crippen LogP contribution in [-0.2, 0) is 14.3 Å². The van der Waals surface area contributed by atoms with E-state index in [1.54, 1.807) is 0 Å². The van der Waals surface area contributed by atoms with Crippen LogP contribution in [0.2, 0.25) is 0 Å². The van der Waals surface area contributed by atoms with E-state index >= 15 is 0 Å². The van der Waals surface area contributed by atoms with Crippen LogP contribution >= 0.6 is 12.4 Å². The van der Waals surface area contributed by atoms with E-state index in [1.807, 2.05) is 30.3 Å². The van der Waals surface area contributed by atoms with Gasteiger partial charge in [-0.05, 0) is 25.0 Å². The molecule has 1 aromatic carbocycles. The van der Waals surface area contributed by atoms with Crippen molar-refractivity contribution in [1.29, 1.82) is 0 Å². The van der Waals surface area contributed by atoms with Crippen LogP contribution in [0.25, 0.3) is 0 Å². The summed E-state index contributed by atoms with van der Waals surface area (Å²) in [5, 5.41) is 5.81. The summed E-state index contributed by atoms with van der Waals surface area (Å²) in [4.78, 5) is 23.5. The van der Waals surface area contributed by atoms with Gasteiger partial charge in [0.05, 0.1) is 12.0 Å². The molecule has 1 aliphatic rings. The second-order valence-electron chi connectivity index (χ2n) is 5.25. The number of halogens is 1. The number of ether oxygens (including phenoxy) is 1. The lowest BCUT2D eigenvalue weighted by molar-refractivity contribution is -0.133. The summed E-state index contributed by atoms with van der Waals surface area (Å²) < 4.78 is 5.25.